The second-order valence-electron chi connectivity index (χ2n) is 8.00. The predicted molar refractivity (Wildman–Crippen MR) is 141 cm³/mol. The molecule has 0 spiro atoms. The van der Waals surface area contributed by atoms with Crippen LogP contribution in [0.2, 0.25) is 0 Å². The second-order valence-corrected chi connectivity index (χ2v) is 12.3. The summed E-state index contributed by atoms with van der Waals surface area (Å²) in [4.78, 5) is 29.1. The predicted octanol–water partition coefficient (Wildman–Crippen LogP) is 2.59. The maximum atomic E-state index is 13.1. The van der Waals surface area contributed by atoms with Gasteiger partial charge in [0.1, 0.15) is 12.4 Å². The summed E-state index contributed by atoms with van der Waals surface area (Å²) < 4.78 is 70.9. The van der Waals surface area contributed by atoms with Crippen LogP contribution in [0.1, 0.15) is 17.3 Å². The normalized spacial score (nSPS) is 12.4. The SMILES string of the molecule is CCOC(=O)Cn1c(=NC(=O)c2ccc(NS(=O)(=O)c3ccc(F)cc3)cc2)sc2cc(S(N)(=O)=O)ccc21. The number of benzene rings is 3. The molecule has 4 aromatic rings. The maximum absolute atomic E-state index is 13.1. The molecule has 0 aliphatic rings. The van der Waals surface area contributed by atoms with E-state index in [0.717, 1.165) is 35.6 Å². The van der Waals surface area contributed by atoms with Gasteiger partial charge in [0.15, 0.2) is 4.80 Å². The number of primary sulfonamides is 1. The molecule has 3 aromatic carbocycles. The zero-order valence-corrected chi connectivity index (χ0v) is 22.6. The van der Waals surface area contributed by atoms with E-state index in [1.54, 1.807) is 6.92 Å². The molecule has 0 aliphatic heterocycles. The smallest absolute Gasteiger partial charge is 0.326 e. The second kappa shape index (κ2) is 11.1. The van der Waals surface area contributed by atoms with Crippen molar-refractivity contribution < 1.29 is 35.6 Å². The average molecular weight is 593 g/mol. The van der Waals surface area contributed by atoms with Gasteiger partial charge in [-0.05, 0) is 73.7 Å². The summed E-state index contributed by atoms with van der Waals surface area (Å²) in [6.07, 6.45) is 0. The lowest BCUT2D eigenvalue weighted by Gasteiger charge is -2.08. The Balaban J connectivity index is 1.66. The largest absolute Gasteiger partial charge is 0.465 e. The summed E-state index contributed by atoms with van der Waals surface area (Å²) in [5, 5.41) is 5.22. The van der Waals surface area contributed by atoms with Crippen LogP contribution in [-0.4, -0.2) is 39.9 Å². The lowest BCUT2D eigenvalue weighted by atomic mass is 10.2. The van der Waals surface area contributed by atoms with E-state index in [1.165, 1.54) is 47.0 Å². The molecule has 11 nitrogen and oxygen atoms in total. The Morgan fingerprint density at radius 3 is 2.26 bits per heavy atom. The first kappa shape index (κ1) is 28.1. The van der Waals surface area contributed by atoms with E-state index in [1.807, 2.05) is 0 Å². The quantitative estimate of drug-likeness (QED) is 0.297. The minimum Gasteiger partial charge on any atom is -0.465 e. The van der Waals surface area contributed by atoms with Crippen molar-refractivity contribution in [3.8, 4) is 0 Å². The summed E-state index contributed by atoms with van der Waals surface area (Å²) in [7, 11) is -7.97. The number of nitrogens with one attached hydrogen (secondary N) is 1. The molecule has 3 N–H and O–H groups in total. The Morgan fingerprint density at radius 1 is 1.00 bits per heavy atom. The van der Waals surface area contributed by atoms with Gasteiger partial charge in [0.05, 0.1) is 26.6 Å². The van der Waals surface area contributed by atoms with E-state index in [0.29, 0.717) is 10.2 Å². The van der Waals surface area contributed by atoms with Crippen molar-refractivity contribution in [2.75, 3.05) is 11.3 Å². The fourth-order valence-corrected chi connectivity index (χ4v) is 6.20. The number of fused-ring (bicyclic) bond motifs is 1. The van der Waals surface area contributed by atoms with Crippen LogP contribution in [0.25, 0.3) is 10.2 Å². The van der Waals surface area contributed by atoms with Crippen LogP contribution in [0.3, 0.4) is 0 Å². The van der Waals surface area contributed by atoms with Crippen molar-refractivity contribution in [2.24, 2.45) is 10.1 Å². The standard InChI is InChI=1S/C24H21FN4O7S3/c1-2-36-22(30)14-29-20-12-11-19(38(26,32)33)13-21(20)37-24(29)27-23(31)15-3-7-17(8-4-15)28-39(34,35)18-9-5-16(25)6-10-18/h3-13,28H,2,14H2,1H3,(H2,26,32,33). The van der Waals surface area contributed by atoms with Crippen LogP contribution in [0.5, 0.6) is 0 Å². The van der Waals surface area contributed by atoms with Crippen LogP contribution in [0.4, 0.5) is 10.1 Å². The molecule has 1 amide bonds. The molecule has 1 heterocycles. The van der Waals surface area contributed by atoms with Crippen LogP contribution in [-0.2, 0) is 36.1 Å². The third-order valence-corrected chi connectivity index (χ3v) is 8.63. The van der Waals surface area contributed by atoms with Gasteiger partial charge in [-0.1, -0.05) is 11.3 Å². The van der Waals surface area contributed by atoms with Gasteiger partial charge in [0, 0.05) is 11.3 Å². The van der Waals surface area contributed by atoms with E-state index in [9.17, 15) is 30.8 Å². The van der Waals surface area contributed by atoms with Gasteiger partial charge in [-0.3, -0.25) is 14.3 Å². The topological polar surface area (TPSA) is 167 Å². The summed E-state index contributed by atoms with van der Waals surface area (Å²) in [6.45, 7) is 1.50. The van der Waals surface area contributed by atoms with Gasteiger partial charge in [0.25, 0.3) is 15.9 Å². The minimum atomic E-state index is -3.99. The van der Waals surface area contributed by atoms with Crippen molar-refractivity contribution in [2.45, 2.75) is 23.3 Å². The molecule has 0 unspecified atom stereocenters. The molecule has 0 atom stereocenters. The maximum Gasteiger partial charge on any atom is 0.326 e. The Kier molecular flexibility index (Phi) is 7.96. The molecule has 4 rings (SSSR count). The number of rotatable bonds is 8. The van der Waals surface area contributed by atoms with Crippen LogP contribution < -0.4 is 14.7 Å². The minimum absolute atomic E-state index is 0.107. The first-order chi connectivity index (χ1) is 18.4. The van der Waals surface area contributed by atoms with Gasteiger partial charge in [0.2, 0.25) is 10.0 Å². The Morgan fingerprint density at radius 2 is 1.64 bits per heavy atom. The van der Waals surface area contributed by atoms with Gasteiger partial charge >= 0.3 is 5.97 Å². The fraction of sp³-hybridized carbons (Fsp3) is 0.125. The molecular formula is C24H21FN4O7S3. The number of halogens is 1. The number of hydrogen-bond donors (Lipinski definition) is 2. The number of thiazole rings is 1. The highest BCUT2D eigenvalue weighted by atomic mass is 32.2. The number of nitrogens with zero attached hydrogens (tertiary/aromatic N) is 2. The van der Waals surface area contributed by atoms with Crippen molar-refractivity contribution in [3.63, 3.8) is 0 Å². The number of amides is 1. The van der Waals surface area contributed by atoms with Crippen LogP contribution >= 0.6 is 11.3 Å². The third kappa shape index (κ3) is 6.57. The number of sulfonamides is 2. The first-order valence-corrected chi connectivity index (χ1v) is 15.0. The molecular weight excluding hydrogens is 571 g/mol. The Labute approximate surface area is 226 Å². The Bertz CT molecular complexity index is 1850. The van der Waals surface area contributed by atoms with Crippen molar-refractivity contribution in [3.05, 3.63) is 82.9 Å². The molecule has 0 bridgehead atoms. The molecule has 0 fully saturated rings. The molecule has 0 aliphatic carbocycles. The summed E-state index contributed by atoms with van der Waals surface area (Å²) >= 11 is 0.976. The average Bonchev–Trinajstić information content (AvgIpc) is 3.20. The number of aromatic nitrogens is 1. The molecule has 0 radical (unpaired) electrons. The van der Waals surface area contributed by atoms with Crippen molar-refractivity contribution in [1.82, 2.24) is 4.57 Å². The van der Waals surface area contributed by atoms with Crippen molar-refractivity contribution in [1.29, 1.82) is 0 Å². The van der Waals surface area contributed by atoms with Gasteiger partial charge < -0.3 is 9.30 Å². The molecule has 204 valence electrons. The highest BCUT2D eigenvalue weighted by Crippen LogP contribution is 2.22. The number of esters is 1. The molecule has 15 heteroatoms. The molecule has 0 saturated heterocycles. The number of anilines is 1. The first-order valence-electron chi connectivity index (χ1n) is 11.2. The monoisotopic (exact) mass is 592 g/mol. The molecule has 0 saturated carbocycles. The number of ether oxygens (including phenoxy) is 1. The highest BCUT2D eigenvalue weighted by Gasteiger charge is 2.17. The van der Waals surface area contributed by atoms with Crippen molar-refractivity contribution >= 4 is 59.2 Å². The summed E-state index contributed by atoms with van der Waals surface area (Å²) in [5.74, 6) is -1.86. The summed E-state index contributed by atoms with van der Waals surface area (Å²) in [5.41, 5.74) is 0.716. The highest BCUT2D eigenvalue weighted by molar-refractivity contribution is 7.92. The lowest BCUT2D eigenvalue weighted by molar-refractivity contribution is -0.143. The molecule has 39 heavy (non-hydrogen) atoms. The van der Waals surface area contributed by atoms with E-state index < -0.39 is 37.7 Å². The van der Waals surface area contributed by atoms with Crippen LogP contribution in [0.15, 0.2) is 81.5 Å². The Hall–Kier alpha value is -3.92. The number of hydrogen-bond acceptors (Lipinski definition) is 8. The van der Waals surface area contributed by atoms with E-state index >= 15 is 0 Å². The lowest BCUT2D eigenvalue weighted by Crippen LogP contribution is -2.23. The van der Waals surface area contributed by atoms with Gasteiger partial charge in [-0.2, -0.15) is 4.99 Å². The van der Waals surface area contributed by atoms with E-state index in [-0.39, 0.29) is 39.0 Å². The third-order valence-electron chi connectivity index (χ3n) is 5.28. The zero-order chi connectivity index (χ0) is 28.4. The zero-order valence-electron chi connectivity index (χ0n) is 20.2. The number of carbonyl (C=O) groups excluding carboxylic acids is 2. The number of nitrogens with two attached hydrogens (primary N) is 1. The van der Waals surface area contributed by atoms with Gasteiger partial charge in [-0.15, -0.1) is 0 Å². The van der Waals surface area contributed by atoms with Crippen LogP contribution in [0, 0.1) is 5.82 Å². The fourth-order valence-electron chi connectivity index (χ4n) is 3.46. The van der Waals surface area contributed by atoms with E-state index in [4.69, 9.17) is 9.88 Å². The number of carbonyl (C=O) groups is 2. The molecule has 1 aromatic heterocycles. The van der Waals surface area contributed by atoms with E-state index in [2.05, 4.69) is 9.71 Å². The summed E-state index contributed by atoms with van der Waals surface area (Å²) in [6, 6.07) is 13.8. The van der Waals surface area contributed by atoms with Gasteiger partial charge in [-0.25, -0.2) is 26.4 Å².